The highest BCUT2D eigenvalue weighted by molar-refractivity contribution is 5.93. The normalized spacial score (nSPS) is 58.8. The predicted octanol–water partition coefficient (Wildman–Crippen LogP) is 3.35. The third-order valence-corrected chi connectivity index (χ3v) is 8.57. The van der Waals surface area contributed by atoms with Crippen molar-refractivity contribution in [1.29, 1.82) is 0 Å². The zero-order valence-corrected chi connectivity index (χ0v) is 15.0. The summed E-state index contributed by atoms with van der Waals surface area (Å²) in [6, 6.07) is 0. The van der Waals surface area contributed by atoms with Gasteiger partial charge in [0.1, 0.15) is 17.8 Å². The molecule has 24 heavy (non-hydrogen) atoms. The van der Waals surface area contributed by atoms with Gasteiger partial charge in [-0.1, -0.05) is 27.2 Å². The first-order valence-corrected chi connectivity index (χ1v) is 9.56. The van der Waals surface area contributed by atoms with Crippen LogP contribution in [0.15, 0.2) is 11.1 Å². The molecule has 3 saturated carbocycles. The Labute approximate surface area is 142 Å². The molecule has 5 fully saturated rings. The SMILES string of the molecule is CC1=C2[C@H]3O[C@]34CC[C@H]3C(C)(C)CCC[C@@]3(C)[C@@H]4[C@H]3O[C@@]23OC1=O. The van der Waals surface area contributed by atoms with Crippen molar-refractivity contribution in [3.8, 4) is 0 Å². The molecule has 3 aliphatic carbocycles. The van der Waals surface area contributed by atoms with Crippen molar-refractivity contribution in [1.82, 2.24) is 0 Å². The number of carbonyl (C=O) groups is 1. The first-order valence-electron chi connectivity index (χ1n) is 9.56. The average Bonchev–Trinajstić information content (AvgIpc) is 3.34. The second kappa shape index (κ2) is 3.64. The number of hydrogen-bond donors (Lipinski definition) is 0. The van der Waals surface area contributed by atoms with Gasteiger partial charge in [-0.15, -0.1) is 0 Å². The molecule has 0 bridgehead atoms. The lowest BCUT2D eigenvalue weighted by Gasteiger charge is -2.59. The fourth-order valence-electron chi connectivity index (χ4n) is 7.62. The van der Waals surface area contributed by atoms with Crippen molar-refractivity contribution >= 4 is 5.97 Å². The maximum absolute atomic E-state index is 12.2. The van der Waals surface area contributed by atoms with Gasteiger partial charge in [0, 0.05) is 17.1 Å². The van der Waals surface area contributed by atoms with Crippen LogP contribution in [-0.2, 0) is 19.0 Å². The van der Waals surface area contributed by atoms with Gasteiger partial charge >= 0.3 is 5.97 Å². The fraction of sp³-hybridized carbons (Fsp3) is 0.850. The summed E-state index contributed by atoms with van der Waals surface area (Å²) >= 11 is 0. The third-order valence-electron chi connectivity index (χ3n) is 8.57. The van der Waals surface area contributed by atoms with Crippen molar-refractivity contribution in [3.05, 3.63) is 11.1 Å². The number of ether oxygens (including phenoxy) is 3. The number of carbonyl (C=O) groups excluding carboxylic acids is 1. The molecular weight excluding hydrogens is 304 g/mol. The van der Waals surface area contributed by atoms with Gasteiger partial charge in [-0.25, -0.2) is 4.79 Å². The maximum atomic E-state index is 12.2. The number of fused-ring (bicyclic) bond motifs is 4. The monoisotopic (exact) mass is 330 g/mol. The van der Waals surface area contributed by atoms with Gasteiger partial charge in [0.05, 0.1) is 0 Å². The summed E-state index contributed by atoms with van der Waals surface area (Å²) in [6.45, 7) is 9.22. The molecule has 130 valence electrons. The van der Waals surface area contributed by atoms with Gasteiger partial charge in [-0.05, 0) is 49.4 Å². The molecule has 0 unspecified atom stereocenters. The van der Waals surface area contributed by atoms with E-state index in [4.69, 9.17) is 14.2 Å². The van der Waals surface area contributed by atoms with Crippen LogP contribution in [0.1, 0.15) is 59.8 Å². The topological polar surface area (TPSA) is 51.4 Å². The Morgan fingerprint density at radius 1 is 1.08 bits per heavy atom. The summed E-state index contributed by atoms with van der Waals surface area (Å²) in [7, 11) is 0. The van der Waals surface area contributed by atoms with E-state index >= 15 is 0 Å². The van der Waals surface area contributed by atoms with Gasteiger partial charge in [-0.2, -0.15) is 0 Å². The molecule has 6 rings (SSSR count). The Hall–Kier alpha value is -0.870. The molecule has 2 spiro atoms. The Kier molecular flexibility index (Phi) is 2.17. The molecule has 0 amide bonds. The Morgan fingerprint density at radius 3 is 2.67 bits per heavy atom. The molecule has 2 saturated heterocycles. The van der Waals surface area contributed by atoms with Crippen LogP contribution in [0.3, 0.4) is 0 Å². The van der Waals surface area contributed by atoms with E-state index in [1.54, 1.807) is 0 Å². The predicted molar refractivity (Wildman–Crippen MR) is 86.0 cm³/mol. The molecule has 4 heteroatoms. The summed E-state index contributed by atoms with van der Waals surface area (Å²) in [5.74, 6) is 0.0886. The number of esters is 1. The largest absolute Gasteiger partial charge is 0.422 e. The van der Waals surface area contributed by atoms with Crippen molar-refractivity contribution in [2.24, 2.45) is 22.7 Å². The van der Waals surface area contributed by atoms with Crippen LogP contribution in [0, 0.1) is 22.7 Å². The number of epoxide rings is 2. The third kappa shape index (κ3) is 1.27. The molecule has 0 aromatic heterocycles. The molecule has 3 heterocycles. The van der Waals surface area contributed by atoms with Crippen LogP contribution >= 0.6 is 0 Å². The van der Waals surface area contributed by atoms with Gasteiger partial charge in [-0.3, -0.25) is 0 Å². The van der Waals surface area contributed by atoms with E-state index in [9.17, 15) is 4.79 Å². The van der Waals surface area contributed by atoms with E-state index in [0.29, 0.717) is 17.3 Å². The lowest BCUT2D eigenvalue weighted by Crippen LogP contribution is -2.59. The zero-order valence-electron chi connectivity index (χ0n) is 15.0. The summed E-state index contributed by atoms with van der Waals surface area (Å²) in [5.41, 5.74) is 2.25. The Morgan fingerprint density at radius 2 is 1.88 bits per heavy atom. The molecule has 0 aromatic rings. The molecule has 3 aliphatic heterocycles. The van der Waals surface area contributed by atoms with Crippen LogP contribution < -0.4 is 0 Å². The molecule has 6 aliphatic rings. The molecular formula is C20H26O4. The summed E-state index contributed by atoms with van der Waals surface area (Å²) in [4.78, 5) is 12.2. The van der Waals surface area contributed by atoms with Gasteiger partial charge < -0.3 is 14.2 Å². The van der Waals surface area contributed by atoms with Crippen molar-refractivity contribution < 1.29 is 19.0 Å². The first-order chi connectivity index (χ1) is 11.3. The Bertz CT molecular complexity index is 723. The second-order valence-electron chi connectivity index (χ2n) is 10.0. The number of hydrogen-bond acceptors (Lipinski definition) is 4. The smallest absolute Gasteiger partial charge is 0.336 e. The van der Waals surface area contributed by atoms with E-state index in [1.807, 2.05) is 6.92 Å². The highest BCUT2D eigenvalue weighted by Gasteiger charge is 2.88. The van der Waals surface area contributed by atoms with Gasteiger partial charge in [0.25, 0.3) is 5.79 Å². The minimum Gasteiger partial charge on any atom is -0.422 e. The first kappa shape index (κ1) is 14.3. The summed E-state index contributed by atoms with van der Waals surface area (Å²) in [5, 5.41) is 0. The number of rotatable bonds is 0. The van der Waals surface area contributed by atoms with E-state index in [1.165, 1.54) is 25.7 Å². The molecule has 7 atom stereocenters. The van der Waals surface area contributed by atoms with Crippen molar-refractivity contribution in [2.75, 3.05) is 0 Å². The average molecular weight is 330 g/mol. The minimum atomic E-state index is -0.761. The van der Waals surface area contributed by atoms with E-state index in [-0.39, 0.29) is 29.2 Å². The molecule has 0 N–H and O–H groups in total. The van der Waals surface area contributed by atoms with Crippen molar-refractivity contribution in [2.45, 2.75) is 83.4 Å². The van der Waals surface area contributed by atoms with E-state index in [2.05, 4.69) is 20.8 Å². The van der Waals surface area contributed by atoms with E-state index in [0.717, 1.165) is 17.6 Å². The van der Waals surface area contributed by atoms with Crippen LogP contribution in [0.25, 0.3) is 0 Å². The standard InChI is InChI=1S/C20H26O4/c1-10-12-14-19(22-14)9-6-11-17(2,3)7-5-8-18(11,4)13(19)15-20(12,23-15)24-16(10)21/h11,13-15H,5-9H2,1-4H3/t11-,13-,14+,15+,18+,19-,20+/m0/s1. The minimum absolute atomic E-state index is 0.00866. The fourth-order valence-corrected chi connectivity index (χ4v) is 7.62. The zero-order chi connectivity index (χ0) is 16.7. The molecule has 0 aromatic carbocycles. The van der Waals surface area contributed by atoms with Crippen LogP contribution in [0.2, 0.25) is 0 Å². The Balaban J connectivity index is 1.49. The highest BCUT2D eigenvalue weighted by Crippen LogP contribution is 2.77. The molecule has 4 nitrogen and oxygen atoms in total. The van der Waals surface area contributed by atoms with Gasteiger partial charge in [0.15, 0.2) is 0 Å². The van der Waals surface area contributed by atoms with E-state index < -0.39 is 5.79 Å². The van der Waals surface area contributed by atoms with Crippen molar-refractivity contribution in [3.63, 3.8) is 0 Å². The van der Waals surface area contributed by atoms with Crippen LogP contribution in [0.4, 0.5) is 0 Å². The lowest BCUT2D eigenvalue weighted by molar-refractivity contribution is -0.147. The second-order valence-corrected chi connectivity index (χ2v) is 10.0. The maximum Gasteiger partial charge on any atom is 0.336 e. The quantitative estimate of drug-likeness (QED) is 0.505. The van der Waals surface area contributed by atoms with Gasteiger partial charge in [0.2, 0.25) is 0 Å². The lowest BCUT2D eigenvalue weighted by atomic mass is 9.44. The highest BCUT2D eigenvalue weighted by atomic mass is 16.8. The van der Waals surface area contributed by atoms with Crippen LogP contribution in [-0.4, -0.2) is 29.6 Å². The summed E-state index contributed by atoms with van der Waals surface area (Å²) in [6.07, 6.45) is 6.23. The summed E-state index contributed by atoms with van der Waals surface area (Å²) < 4.78 is 18.4. The van der Waals surface area contributed by atoms with Crippen LogP contribution in [0.5, 0.6) is 0 Å². The molecule has 0 radical (unpaired) electrons.